The summed E-state index contributed by atoms with van der Waals surface area (Å²) in [7, 11) is 0. The van der Waals surface area contributed by atoms with E-state index in [2.05, 4.69) is 15.3 Å². The molecule has 4 N–H and O–H groups in total. The van der Waals surface area contributed by atoms with Crippen LogP contribution in [-0.2, 0) is 6.54 Å². The molecule has 1 aromatic heterocycles. The molecule has 2 aromatic rings. The average molecular weight is 235 g/mol. The molecule has 0 saturated carbocycles. The molecule has 0 saturated heterocycles. The molecule has 0 radical (unpaired) electrons. The van der Waals surface area contributed by atoms with Gasteiger partial charge in [-0.15, -0.1) is 0 Å². The molecule has 0 aliphatic heterocycles. The summed E-state index contributed by atoms with van der Waals surface area (Å²) in [6.45, 7) is 1.91. The summed E-state index contributed by atoms with van der Waals surface area (Å²) < 4.78 is 0. The fraction of sp³-hybridized carbons (Fsp3) is 0.417. The fourth-order valence-electron chi connectivity index (χ4n) is 1.78. The number of H-pyrrole nitrogens is 2. The molecular weight excluding hydrogens is 218 g/mol. The largest absolute Gasteiger partial charge is 0.396 e. The number of nitrogens with one attached hydrogen (secondary N) is 3. The molecule has 0 unspecified atom stereocenters. The van der Waals surface area contributed by atoms with Gasteiger partial charge in [-0.2, -0.15) is 0 Å². The molecule has 0 atom stereocenters. The number of aliphatic hydroxyl groups excluding tert-OH is 1. The Hall–Kier alpha value is -1.59. The second kappa shape index (κ2) is 5.65. The number of benzene rings is 1. The van der Waals surface area contributed by atoms with Crippen molar-refractivity contribution in [2.45, 2.75) is 19.4 Å². The summed E-state index contributed by atoms with van der Waals surface area (Å²) in [4.78, 5) is 16.5. The van der Waals surface area contributed by atoms with Crippen molar-refractivity contribution in [2.75, 3.05) is 13.2 Å². The number of unbranched alkanes of at least 4 members (excludes halogenated alkanes) is 1. The molecule has 2 rings (SSSR count). The van der Waals surface area contributed by atoms with Gasteiger partial charge < -0.3 is 20.4 Å². The van der Waals surface area contributed by atoms with Crippen molar-refractivity contribution in [3.63, 3.8) is 0 Å². The molecule has 5 nitrogen and oxygen atoms in total. The van der Waals surface area contributed by atoms with Crippen LogP contribution in [0.2, 0.25) is 0 Å². The van der Waals surface area contributed by atoms with Gasteiger partial charge in [-0.1, -0.05) is 6.07 Å². The Morgan fingerprint density at radius 3 is 2.82 bits per heavy atom. The summed E-state index contributed by atoms with van der Waals surface area (Å²) in [5.41, 5.74) is 2.63. The first-order valence-electron chi connectivity index (χ1n) is 5.82. The van der Waals surface area contributed by atoms with Crippen LogP contribution in [0.25, 0.3) is 11.0 Å². The number of hydrogen-bond acceptors (Lipinski definition) is 3. The summed E-state index contributed by atoms with van der Waals surface area (Å²) in [5.74, 6) is 0. The lowest BCUT2D eigenvalue weighted by atomic mass is 10.2. The highest BCUT2D eigenvalue weighted by atomic mass is 16.2. The maximum atomic E-state index is 11.1. The van der Waals surface area contributed by atoms with Crippen molar-refractivity contribution in [1.82, 2.24) is 15.3 Å². The minimum absolute atomic E-state index is 0.173. The summed E-state index contributed by atoms with van der Waals surface area (Å²) in [5, 5.41) is 11.9. The Bertz CT molecular complexity index is 530. The minimum atomic E-state index is -0.173. The first-order valence-corrected chi connectivity index (χ1v) is 5.82. The molecule has 0 spiro atoms. The number of aromatic nitrogens is 2. The Morgan fingerprint density at radius 1 is 1.18 bits per heavy atom. The molecule has 17 heavy (non-hydrogen) atoms. The van der Waals surface area contributed by atoms with E-state index in [1.54, 1.807) is 0 Å². The topological polar surface area (TPSA) is 80.9 Å². The first kappa shape index (κ1) is 11.9. The van der Waals surface area contributed by atoms with E-state index in [4.69, 9.17) is 5.11 Å². The van der Waals surface area contributed by atoms with Crippen LogP contribution < -0.4 is 11.0 Å². The zero-order valence-corrected chi connectivity index (χ0v) is 9.62. The van der Waals surface area contributed by atoms with E-state index in [1.165, 1.54) is 0 Å². The zero-order chi connectivity index (χ0) is 12.1. The van der Waals surface area contributed by atoms with Crippen molar-refractivity contribution in [2.24, 2.45) is 0 Å². The van der Waals surface area contributed by atoms with Gasteiger partial charge in [-0.05, 0) is 37.1 Å². The van der Waals surface area contributed by atoms with Crippen molar-refractivity contribution in [3.8, 4) is 0 Å². The summed E-state index contributed by atoms with van der Waals surface area (Å²) in [6.07, 6.45) is 1.80. The third-order valence-electron chi connectivity index (χ3n) is 2.67. The third-order valence-corrected chi connectivity index (χ3v) is 2.67. The predicted octanol–water partition coefficient (Wildman–Crippen LogP) is 0.718. The van der Waals surface area contributed by atoms with Crippen LogP contribution in [0.5, 0.6) is 0 Å². The fourth-order valence-corrected chi connectivity index (χ4v) is 1.78. The zero-order valence-electron chi connectivity index (χ0n) is 9.62. The molecule has 0 aliphatic carbocycles. The van der Waals surface area contributed by atoms with Crippen molar-refractivity contribution < 1.29 is 5.11 Å². The van der Waals surface area contributed by atoms with E-state index in [0.29, 0.717) is 0 Å². The van der Waals surface area contributed by atoms with Gasteiger partial charge in [0.25, 0.3) is 0 Å². The standard InChI is InChI=1S/C12H17N3O2/c16-6-2-1-5-13-8-9-3-4-10-11(7-9)15-12(17)14-10/h3-4,7,13,16H,1-2,5-6,8H2,(H2,14,15,17). The van der Waals surface area contributed by atoms with E-state index >= 15 is 0 Å². The Balaban J connectivity index is 1.92. The molecule has 0 amide bonds. The van der Waals surface area contributed by atoms with Crippen LogP contribution in [0.15, 0.2) is 23.0 Å². The molecule has 0 fully saturated rings. The number of rotatable bonds is 6. The summed E-state index contributed by atoms with van der Waals surface area (Å²) in [6, 6.07) is 5.86. The smallest absolute Gasteiger partial charge is 0.323 e. The molecule has 0 aliphatic rings. The SMILES string of the molecule is O=c1[nH]c2ccc(CNCCCCO)cc2[nH]1. The monoisotopic (exact) mass is 235 g/mol. The van der Waals surface area contributed by atoms with Crippen molar-refractivity contribution >= 4 is 11.0 Å². The van der Waals surface area contributed by atoms with Crippen LogP contribution in [-0.4, -0.2) is 28.2 Å². The Kier molecular flexibility index (Phi) is 3.95. The first-order chi connectivity index (χ1) is 8.29. The van der Waals surface area contributed by atoms with Crippen LogP contribution in [0.1, 0.15) is 18.4 Å². The number of aliphatic hydroxyl groups is 1. The molecule has 1 aromatic carbocycles. The lowest BCUT2D eigenvalue weighted by Gasteiger charge is -2.04. The van der Waals surface area contributed by atoms with Gasteiger partial charge in [0, 0.05) is 13.2 Å². The van der Waals surface area contributed by atoms with Gasteiger partial charge in [-0.3, -0.25) is 0 Å². The van der Waals surface area contributed by atoms with E-state index in [9.17, 15) is 4.79 Å². The van der Waals surface area contributed by atoms with Gasteiger partial charge in [-0.25, -0.2) is 4.79 Å². The number of aromatic amines is 2. The highest BCUT2D eigenvalue weighted by Crippen LogP contribution is 2.09. The molecule has 0 bridgehead atoms. The number of fused-ring (bicyclic) bond motifs is 1. The highest BCUT2D eigenvalue weighted by molar-refractivity contribution is 5.74. The van der Waals surface area contributed by atoms with Crippen molar-refractivity contribution in [1.29, 1.82) is 0 Å². The number of imidazole rings is 1. The second-order valence-corrected chi connectivity index (χ2v) is 4.07. The second-order valence-electron chi connectivity index (χ2n) is 4.07. The van der Waals surface area contributed by atoms with Gasteiger partial charge in [0.2, 0.25) is 0 Å². The molecule has 5 heteroatoms. The van der Waals surface area contributed by atoms with Gasteiger partial charge in [0.15, 0.2) is 0 Å². The van der Waals surface area contributed by atoms with Crippen LogP contribution in [0.4, 0.5) is 0 Å². The van der Waals surface area contributed by atoms with E-state index in [-0.39, 0.29) is 12.3 Å². The van der Waals surface area contributed by atoms with Crippen LogP contribution in [0.3, 0.4) is 0 Å². The quantitative estimate of drug-likeness (QED) is 0.557. The lowest BCUT2D eigenvalue weighted by Crippen LogP contribution is -2.14. The lowest BCUT2D eigenvalue weighted by molar-refractivity contribution is 0.283. The maximum Gasteiger partial charge on any atom is 0.323 e. The van der Waals surface area contributed by atoms with E-state index in [0.717, 1.165) is 42.5 Å². The van der Waals surface area contributed by atoms with Crippen molar-refractivity contribution in [3.05, 3.63) is 34.2 Å². The average Bonchev–Trinajstić information content (AvgIpc) is 2.68. The van der Waals surface area contributed by atoms with Gasteiger partial charge in [0.05, 0.1) is 11.0 Å². The Morgan fingerprint density at radius 2 is 2.00 bits per heavy atom. The van der Waals surface area contributed by atoms with E-state index < -0.39 is 0 Å². The molecule has 1 heterocycles. The van der Waals surface area contributed by atoms with Gasteiger partial charge in [0.1, 0.15) is 0 Å². The maximum absolute atomic E-state index is 11.1. The molecular formula is C12H17N3O2. The predicted molar refractivity (Wildman–Crippen MR) is 66.9 cm³/mol. The minimum Gasteiger partial charge on any atom is -0.396 e. The third kappa shape index (κ3) is 3.18. The number of hydrogen-bond donors (Lipinski definition) is 4. The molecule has 92 valence electrons. The highest BCUT2D eigenvalue weighted by Gasteiger charge is 1.99. The van der Waals surface area contributed by atoms with Gasteiger partial charge >= 0.3 is 5.69 Å². The Labute approximate surface area is 98.9 Å². The van der Waals surface area contributed by atoms with Crippen LogP contribution in [0, 0.1) is 0 Å². The van der Waals surface area contributed by atoms with Crippen LogP contribution >= 0.6 is 0 Å². The summed E-state index contributed by atoms with van der Waals surface area (Å²) >= 11 is 0. The normalized spacial score (nSPS) is 11.1. The van der Waals surface area contributed by atoms with E-state index in [1.807, 2.05) is 18.2 Å².